The molecular formula is C11H20FNO. The number of allylic oxidation sites excluding steroid dienone is 1. The van der Waals surface area contributed by atoms with Gasteiger partial charge >= 0.3 is 0 Å². The maximum Gasteiger partial charge on any atom is 0.186 e. The van der Waals surface area contributed by atoms with Gasteiger partial charge in [-0.05, 0) is 20.8 Å². The molecule has 0 aliphatic rings. The fraction of sp³-hybridized carbons (Fsp3) is 0.727. The third-order valence-electron chi connectivity index (χ3n) is 1.54. The van der Waals surface area contributed by atoms with Crippen LogP contribution in [-0.4, -0.2) is 11.3 Å². The molecule has 0 aromatic carbocycles. The maximum atomic E-state index is 12.5. The van der Waals surface area contributed by atoms with Crippen LogP contribution in [0.3, 0.4) is 0 Å². The summed E-state index contributed by atoms with van der Waals surface area (Å²) in [4.78, 5) is 11.7. The topological polar surface area (TPSA) is 29.1 Å². The Morgan fingerprint density at radius 2 is 1.57 bits per heavy atom. The third-order valence-corrected chi connectivity index (χ3v) is 1.54. The number of nitrogens with one attached hydrogen (secondary N) is 1. The molecule has 0 aliphatic carbocycles. The molecule has 2 nitrogen and oxygen atoms in total. The van der Waals surface area contributed by atoms with Gasteiger partial charge in [0.05, 0.1) is 0 Å². The number of carbonyl (C=O) groups is 1. The summed E-state index contributed by atoms with van der Waals surface area (Å²) in [7, 11) is 0. The second kappa shape index (κ2) is 4.11. The maximum absolute atomic E-state index is 12.5. The Labute approximate surface area is 85.6 Å². The summed E-state index contributed by atoms with van der Waals surface area (Å²) in [5.74, 6) is -0.213. The van der Waals surface area contributed by atoms with Gasteiger partial charge < -0.3 is 5.32 Å². The second-order valence-electron chi connectivity index (χ2n) is 5.48. The van der Waals surface area contributed by atoms with Crippen molar-refractivity contribution < 1.29 is 9.18 Å². The second-order valence-corrected chi connectivity index (χ2v) is 5.48. The van der Waals surface area contributed by atoms with Crippen LogP contribution in [0.4, 0.5) is 4.39 Å². The molecule has 0 amide bonds. The first kappa shape index (κ1) is 13.1. The number of hydrogen-bond acceptors (Lipinski definition) is 2. The molecule has 0 aromatic rings. The summed E-state index contributed by atoms with van der Waals surface area (Å²) in [6.07, 6.45) is 0.346. The summed E-state index contributed by atoms with van der Waals surface area (Å²) in [5.41, 5.74) is -0.820. The molecule has 0 bridgehead atoms. The number of halogens is 1. The van der Waals surface area contributed by atoms with Crippen molar-refractivity contribution in [2.75, 3.05) is 0 Å². The molecule has 0 spiro atoms. The summed E-state index contributed by atoms with van der Waals surface area (Å²) in [5, 5.41) is 2.85. The van der Waals surface area contributed by atoms with Gasteiger partial charge in [-0.15, -0.1) is 0 Å². The van der Waals surface area contributed by atoms with E-state index in [2.05, 4.69) is 5.32 Å². The average Bonchev–Trinajstić information content (AvgIpc) is 1.95. The van der Waals surface area contributed by atoms with E-state index in [-0.39, 0.29) is 17.0 Å². The minimum atomic E-state index is -0.559. The molecule has 0 fully saturated rings. The highest BCUT2D eigenvalue weighted by atomic mass is 19.1. The number of ketones is 1. The molecule has 0 rings (SSSR count). The Morgan fingerprint density at radius 1 is 1.14 bits per heavy atom. The van der Waals surface area contributed by atoms with E-state index >= 15 is 0 Å². The standard InChI is InChI=1S/C11H20FNO/c1-10(2,3)9(14)8(7-12)13-11(4,5)6/h7,13H,1-6H3. The van der Waals surface area contributed by atoms with Crippen molar-refractivity contribution in [2.45, 2.75) is 47.1 Å². The van der Waals surface area contributed by atoms with E-state index in [0.717, 1.165) is 0 Å². The molecule has 0 saturated heterocycles. The van der Waals surface area contributed by atoms with Gasteiger partial charge in [0, 0.05) is 11.0 Å². The van der Waals surface area contributed by atoms with Gasteiger partial charge in [-0.3, -0.25) is 4.79 Å². The largest absolute Gasteiger partial charge is 0.376 e. The molecule has 82 valence electrons. The molecule has 0 heterocycles. The van der Waals surface area contributed by atoms with Gasteiger partial charge in [0.15, 0.2) is 5.78 Å². The first-order valence-electron chi connectivity index (χ1n) is 4.71. The van der Waals surface area contributed by atoms with Crippen molar-refractivity contribution in [1.29, 1.82) is 0 Å². The minimum Gasteiger partial charge on any atom is -0.376 e. The van der Waals surface area contributed by atoms with Gasteiger partial charge in [0.25, 0.3) is 0 Å². The van der Waals surface area contributed by atoms with Crippen molar-refractivity contribution in [3.8, 4) is 0 Å². The van der Waals surface area contributed by atoms with Crippen LogP contribution in [0.5, 0.6) is 0 Å². The highest BCUT2D eigenvalue weighted by Crippen LogP contribution is 2.20. The normalized spacial score (nSPS) is 14.1. The zero-order valence-electron chi connectivity index (χ0n) is 9.86. The molecule has 14 heavy (non-hydrogen) atoms. The van der Waals surface area contributed by atoms with E-state index in [1.807, 2.05) is 20.8 Å². The lowest BCUT2D eigenvalue weighted by molar-refractivity contribution is -0.123. The lowest BCUT2D eigenvalue weighted by Gasteiger charge is -2.26. The van der Waals surface area contributed by atoms with Crippen LogP contribution < -0.4 is 5.32 Å². The zero-order chi connectivity index (χ0) is 11.6. The zero-order valence-corrected chi connectivity index (χ0v) is 9.86. The lowest BCUT2D eigenvalue weighted by atomic mass is 9.88. The molecule has 0 unspecified atom stereocenters. The average molecular weight is 201 g/mol. The Morgan fingerprint density at radius 3 is 1.79 bits per heavy atom. The van der Waals surface area contributed by atoms with Crippen molar-refractivity contribution in [2.24, 2.45) is 5.41 Å². The Balaban J connectivity index is 4.71. The van der Waals surface area contributed by atoms with Crippen molar-refractivity contribution >= 4 is 5.78 Å². The fourth-order valence-electron chi connectivity index (χ4n) is 0.942. The van der Waals surface area contributed by atoms with Crippen LogP contribution in [0, 0.1) is 5.41 Å². The number of hydrogen-bond donors (Lipinski definition) is 1. The molecule has 0 radical (unpaired) electrons. The SMILES string of the molecule is CC(C)(C)NC(=CF)C(=O)C(C)(C)C. The van der Waals surface area contributed by atoms with E-state index in [1.165, 1.54) is 0 Å². The van der Waals surface area contributed by atoms with Gasteiger partial charge in [-0.1, -0.05) is 20.8 Å². The summed E-state index contributed by atoms with van der Waals surface area (Å²) in [6.45, 7) is 10.9. The van der Waals surface area contributed by atoms with Crippen molar-refractivity contribution in [3.05, 3.63) is 12.0 Å². The molecule has 0 aromatic heterocycles. The van der Waals surface area contributed by atoms with E-state index < -0.39 is 5.41 Å². The molecule has 0 aliphatic heterocycles. The summed E-state index contributed by atoms with van der Waals surface area (Å²) in [6, 6.07) is 0. The molecular weight excluding hydrogens is 181 g/mol. The van der Waals surface area contributed by atoms with Gasteiger partial charge in [0.1, 0.15) is 12.0 Å². The Hall–Kier alpha value is -0.860. The van der Waals surface area contributed by atoms with Crippen LogP contribution >= 0.6 is 0 Å². The lowest BCUT2D eigenvalue weighted by Crippen LogP contribution is -2.40. The van der Waals surface area contributed by atoms with Crippen LogP contribution in [0.15, 0.2) is 12.0 Å². The predicted molar refractivity (Wildman–Crippen MR) is 56.5 cm³/mol. The molecule has 3 heteroatoms. The third kappa shape index (κ3) is 4.40. The first-order chi connectivity index (χ1) is 6.08. The molecule has 0 atom stereocenters. The predicted octanol–water partition coefficient (Wildman–Crippen LogP) is 2.80. The Bertz CT molecular complexity index is 243. The van der Waals surface area contributed by atoms with Crippen molar-refractivity contribution in [3.63, 3.8) is 0 Å². The number of carbonyl (C=O) groups excluding carboxylic acids is 1. The number of Topliss-reactive ketones (excluding diaryl/α,β-unsaturated/α-hetero) is 1. The summed E-state index contributed by atoms with van der Waals surface area (Å²) >= 11 is 0. The fourth-order valence-corrected chi connectivity index (χ4v) is 0.942. The van der Waals surface area contributed by atoms with Gasteiger partial charge in [0.2, 0.25) is 0 Å². The van der Waals surface area contributed by atoms with Gasteiger partial charge in [-0.2, -0.15) is 0 Å². The first-order valence-corrected chi connectivity index (χ1v) is 4.71. The van der Waals surface area contributed by atoms with Gasteiger partial charge in [-0.25, -0.2) is 4.39 Å². The van der Waals surface area contributed by atoms with E-state index in [9.17, 15) is 9.18 Å². The Kier molecular flexibility index (Phi) is 3.86. The van der Waals surface area contributed by atoms with E-state index in [4.69, 9.17) is 0 Å². The van der Waals surface area contributed by atoms with Crippen LogP contribution in [0.1, 0.15) is 41.5 Å². The number of rotatable bonds is 2. The highest BCUT2D eigenvalue weighted by molar-refractivity contribution is 5.98. The monoisotopic (exact) mass is 201 g/mol. The van der Waals surface area contributed by atoms with Crippen molar-refractivity contribution in [1.82, 2.24) is 5.32 Å². The molecule has 0 saturated carbocycles. The highest BCUT2D eigenvalue weighted by Gasteiger charge is 2.27. The molecule has 1 N–H and O–H groups in total. The quantitative estimate of drug-likeness (QED) is 0.696. The summed E-state index contributed by atoms with van der Waals surface area (Å²) < 4.78 is 12.5. The smallest absolute Gasteiger partial charge is 0.186 e. The minimum absolute atomic E-state index is 0.0463. The van der Waals surface area contributed by atoms with E-state index in [1.54, 1.807) is 20.8 Å². The van der Waals surface area contributed by atoms with E-state index in [0.29, 0.717) is 6.33 Å². The van der Waals surface area contributed by atoms with Crippen LogP contribution in [0.2, 0.25) is 0 Å². The van der Waals surface area contributed by atoms with Crippen LogP contribution in [-0.2, 0) is 4.79 Å². The van der Waals surface area contributed by atoms with Crippen LogP contribution in [0.25, 0.3) is 0 Å².